The Hall–Kier alpha value is -2.28. The number of rotatable bonds is 2. The molecule has 2 rings (SSSR count). The Morgan fingerprint density at radius 3 is 2.57 bits per heavy atom. The molecule has 1 aromatic carbocycles. The Labute approximate surface area is 122 Å². The molecule has 0 atom stereocenters. The van der Waals surface area contributed by atoms with E-state index in [2.05, 4.69) is 15.6 Å². The van der Waals surface area contributed by atoms with Gasteiger partial charge < -0.3 is 10.6 Å². The molecule has 0 spiro atoms. The zero-order valence-corrected chi connectivity index (χ0v) is 11.2. The fraction of sp³-hybridized carbons (Fsp3) is 0.0769. The van der Waals surface area contributed by atoms with Gasteiger partial charge in [0, 0.05) is 11.2 Å². The highest BCUT2D eigenvalue weighted by atomic mass is 35.5. The largest absolute Gasteiger partial charge is 0.418 e. The van der Waals surface area contributed by atoms with Crippen LogP contribution in [0.1, 0.15) is 5.56 Å². The summed E-state index contributed by atoms with van der Waals surface area (Å²) in [5.74, 6) is 0. The maximum absolute atomic E-state index is 12.9. The number of hydrogen-bond acceptors (Lipinski definition) is 2. The van der Waals surface area contributed by atoms with E-state index < -0.39 is 17.8 Å². The highest BCUT2D eigenvalue weighted by molar-refractivity contribution is 6.30. The van der Waals surface area contributed by atoms with E-state index in [0.717, 1.165) is 12.1 Å². The molecule has 2 amide bonds. The number of carbonyl (C=O) groups excluding carboxylic acids is 1. The van der Waals surface area contributed by atoms with Crippen LogP contribution in [0.2, 0.25) is 5.02 Å². The van der Waals surface area contributed by atoms with Gasteiger partial charge in [-0.25, -0.2) is 4.79 Å². The van der Waals surface area contributed by atoms with Crippen molar-refractivity contribution >= 4 is 29.0 Å². The third kappa shape index (κ3) is 4.09. The average molecular weight is 316 g/mol. The van der Waals surface area contributed by atoms with Crippen molar-refractivity contribution < 1.29 is 18.0 Å². The van der Waals surface area contributed by atoms with Gasteiger partial charge in [-0.2, -0.15) is 13.2 Å². The maximum Gasteiger partial charge on any atom is 0.418 e. The summed E-state index contributed by atoms with van der Waals surface area (Å²) in [4.78, 5) is 15.5. The van der Waals surface area contributed by atoms with Crippen molar-refractivity contribution in [2.24, 2.45) is 0 Å². The topological polar surface area (TPSA) is 54.0 Å². The summed E-state index contributed by atoms with van der Waals surface area (Å²) in [7, 11) is 0. The van der Waals surface area contributed by atoms with Gasteiger partial charge in [0.05, 0.1) is 23.1 Å². The fourth-order valence-electron chi connectivity index (χ4n) is 1.58. The van der Waals surface area contributed by atoms with Gasteiger partial charge in [0.1, 0.15) is 0 Å². The lowest BCUT2D eigenvalue weighted by Crippen LogP contribution is -2.21. The highest BCUT2D eigenvalue weighted by Gasteiger charge is 2.34. The smallest absolute Gasteiger partial charge is 0.307 e. The second-order valence-corrected chi connectivity index (χ2v) is 4.44. The Balaban J connectivity index is 2.18. The monoisotopic (exact) mass is 315 g/mol. The normalized spacial score (nSPS) is 11.0. The van der Waals surface area contributed by atoms with E-state index >= 15 is 0 Å². The number of benzene rings is 1. The van der Waals surface area contributed by atoms with Crippen LogP contribution in [0.4, 0.5) is 29.3 Å². The second-order valence-electron chi connectivity index (χ2n) is 4.01. The number of hydrogen-bond donors (Lipinski definition) is 2. The lowest BCUT2D eigenvalue weighted by atomic mass is 10.1. The molecule has 0 fully saturated rings. The van der Waals surface area contributed by atoms with Crippen LogP contribution in [0.25, 0.3) is 0 Å². The average Bonchev–Trinajstić information content (AvgIpc) is 2.40. The number of amides is 2. The molecule has 0 aliphatic rings. The number of halogens is 4. The predicted molar refractivity (Wildman–Crippen MR) is 73.3 cm³/mol. The van der Waals surface area contributed by atoms with Crippen LogP contribution in [0.5, 0.6) is 0 Å². The van der Waals surface area contributed by atoms with Crippen LogP contribution >= 0.6 is 11.6 Å². The van der Waals surface area contributed by atoms with E-state index in [0.29, 0.717) is 5.69 Å². The molecule has 0 saturated carbocycles. The number of pyridine rings is 1. The van der Waals surface area contributed by atoms with E-state index in [1.54, 1.807) is 12.1 Å². The third-order valence-electron chi connectivity index (χ3n) is 2.45. The first-order valence-electron chi connectivity index (χ1n) is 5.71. The number of aromatic nitrogens is 1. The van der Waals surface area contributed by atoms with E-state index in [9.17, 15) is 18.0 Å². The summed E-state index contributed by atoms with van der Waals surface area (Å²) in [5, 5.41) is 4.44. The van der Waals surface area contributed by atoms with Gasteiger partial charge in [0.15, 0.2) is 0 Å². The van der Waals surface area contributed by atoms with E-state index in [1.165, 1.54) is 18.5 Å². The molecule has 8 heteroatoms. The fourth-order valence-corrected chi connectivity index (χ4v) is 1.75. The molecule has 2 N–H and O–H groups in total. The molecule has 2 aromatic rings. The first kappa shape index (κ1) is 15.1. The van der Waals surface area contributed by atoms with Gasteiger partial charge in [-0.1, -0.05) is 11.6 Å². The minimum atomic E-state index is -4.62. The summed E-state index contributed by atoms with van der Waals surface area (Å²) in [6.07, 6.45) is -1.75. The predicted octanol–water partition coefficient (Wildman–Crippen LogP) is 4.40. The Bertz CT molecular complexity index is 647. The molecule has 1 heterocycles. The van der Waals surface area contributed by atoms with E-state index in [1.807, 2.05) is 0 Å². The summed E-state index contributed by atoms with van der Waals surface area (Å²) in [6, 6.07) is 5.43. The zero-order chi connectivity index (χ0) is 15.5. The third-order valence-corrected chi connectivity index (χ3v) is 2.69. The second kappa shape index (κ2) is 6.01. The minimum absolute atomic E-state index is 0.0689. The standard InChI is InChI=1S/C13H9ClF3N3O/c14-8-3-4-11(10(6-8)13(15,16)17)20-12(21)19-9-2-1-5-18-7-9/h1-7H,(H2,19,20,21). The Morgan fingerprint density at radius 2 is 1.95 bits per heavy atom. The Morgan fingerprint density at radius 1 is 1.19 bits per heavy atom. The van der Waals surface area contributed by atoms with Gasteiger partial charge in [0.2, 0.25) is 0 Å². The van der Waals surface area contributed by atoms with Gasteiger partial charge in [-0.15, -0.1) is 0 Å². The highest BCUT2D eigenvalue weighted by Crippen LogP contribution is 2.36. The molecular formula is C13H9ClF3N3O. The van der Waals surface area contributed by atoms with Gasteiger partial charge in [-0.05, 0) is 30.3 Å². The number of carbonyl (C=O) groups is 1. The van der Waals surface area contributed by atoms with Crippen LogP contribution in [0, 0.1) is 0 Å². The molecule has 110 valence electrons. The number of urea groups is 1. The lowest BCUT2D eigenvalue weighted by molar-refractivity contribution is -0.136. The van der Waals surface area contributed by atoms with Crippen molar-refractivity contribution in [3.8, 4) is 0 Å². The number of nitrogens with zero attached hydrogens (tertiary/aromatic N) is 1. The van der Waals surface area contributed by atoms with E-state index in [4.69, 9.17) is 11.6 Å². The molecule has 1 aromatic heterocycles. The summed E-state index contributed by atoms with van der Waals surface area (Å²) >= 11 is 5.55. The first-order valence-corrected chi connectivity index (χ1v) is 6.09. The summed E-state index contributed by atoms with van der Waals surface area (Å²) in [5.41, 5.74) is -1.04. The molecule has 0 bridgehead atoms. The minimum Gasteiger partial charge on any atom is -0.307 e. The van der Waals surface area contributed by atoms with Gasteiger partial charge in [-0.3, -0.25) is 4.98 Å². The summed E-state index contributed by atoms with van der Waals surface area (Å²) < 4.78 is 38.6. The lowest BCUT2D eigenvalue weighted by Gasteiger charge is -2.14. The van der Waals surface area contributed by atoms with Crippen molar-refractivity contribution in [2.45, 2.75) is 6.18 Å². The maximum atomic E-state index is 12.9. The molecule has 4 nitrogen and oxygen atoms in total. The number of alkyl halides is 3. The number of nitrogens with one attached hydrogen (secondary N) is 2. The van der Waals surface area contributed by atoms with E-state index in [-0.39, 0.29) is 10.7 Å². The molecular weight excluding hydrogens is 307 g/mol. The van der Waals surface area contributed by atoms with Crippen molar-refractivity contribution in [2.75, 3.05) is 10.6 Å². The van der Waals surface area contributed by atoms with Gasteiger partial charge >= 0.3 is 12.2 Å². The quantitative estimate of drug-likeness (QED) is 0.863. The van der Waals surface area contributed by atoms with Crippen LogP contribution in [0.15, 0.2) is 42.7 Å². The molecule has 21 heavy (non-hydrogen) atoms. The van der Waals surface area contributed by atoms with Crippen molar-refractivity contribution in [1.82, 2.24) is 4.98 Å². The summed E-state index contributed by atoms with van der Waals surface area (Å²) in [6.45, 7) is 0. The molecule has 0 saturated heterocycles. The molecule has 0 aliphatic heterocycles. The van der Waals surface area contributed by atoms with Crippen LogP contribution in [-0.2, 0) is 6.18 Å². The van der Waals surface area contributed by atoms with Crippen molar-refractivity contribution in [3.63, 3.8) is 0 Å². The molecule has 0 radical (unpaired) electrons. The Kier molecular flexibility index (Phi) is 4.32. The van der Waals surface area contributed by atoms with Gasteiger partial charge in [0.25, 0.3) is 0 Å². The van der Waals surface area contributed by atoms with Crippen LogP contribution in [-0.4, -0.2) is 11.0 Å². The zero-order valence-electron chi connectivity index (χ0n) is 10.4. The van der Waals surface area contributed by atoms with Crippen molar-refractivity contribution in [1.29, 1.82) is 0 Å². The molecule has 0 unspecified atom stereocenters. The van der Waals surface area contributed by atoms with Crippen molar-refractivity contribution in [3.05, 3.63) is 53.3 Å². The van der Waals surface area contributed by atoms with Crippen LogP contribution in [0.3, 0.4) is 0 Å². The SMILES string of the molecule is O=C(Nc1cccnc1)Nc1ccc(Cl)cc1C(F)(F)F. The first-order chi connectivity index (χ1) is 9.86. The van der Waals surface area contributed by atoms with Crippen LogP contribution < -0.4 is 10.6 Å². The molecule has 0 aliphatic carbocycles. The number of anilines is 2.